The van der Waals surface area contributed by atoms with Crippen LogP contribution in [0.15, 0.2) is 30.3 Å². The summed E-state index contributed by atoms with van der Waals surface area (Å²) < 4.78 is 5.58. The molecular weight excluding hydrogens is 210 g/mol. The molecule has 17 heavy (non-hydrogen) atoms. The topological polar surface area (TPSA) is 21.3 Å². The molecule has 1 rings (SSSR count). The molecule has 0 fully saturated rings. The van der Waals surface area contributed by atoms with E-state index in [0.29, 0.717) is 6.04 Å². The van der Waals surface area contributed by atoms with E-state index >= 15 is 0 Å². The fraction of sp³-hybridized carbons (Fsp3) is 0.600. The minimum Gasteiger partial charge on any atom is -0.381 e. The van der Waals surface area contributed by atoms with Crippen molar-refractivity contribution in [2.45, 2.75) is 38.6 Å². The highest BCUT2D eigenvalue weighted by atomic mass is 16.5. The zero-order chi connectivity index (χ0) is 12.3. The zero-order valence-corrected chi connectivity index (χ0v) is 11.1. The van der Waals surface area contributed by atoms with Gasteiger partial charge in [0.25, 0.3) is 0 Å². The first-order valence-corrected chi connectivity index (χ1v) is 6.68. The normalized spacial score (nSPS) is 12.6. The minimum atomic E-state index is 0.450. The summed E-state index contributed by atoms with van der Waals surface area (Å²) in [4.78, 5) is 0. The van der Waals surface area contributed by atoms with Crippen LogP contribution in [-0.4, -0.2) is 20.3 Å². The second-order valence-electron chi connectivity index (χ2n) is 4.36. The Morgan fingerprint density at radius 3 is 2.47 bits per heavy atom. The summed E-state index contributed by atoms with van der Waals surface area (Å²) in [5, 5.41) is 3.36. The van der Waals surface area contributed by atoms with Crippen molar-refractivity contribution >= 4 is 0 Å². The van der Waals surface area contributed by atoms with Crippen molar-refractivity contribution in [1.29, 1.82) is 0 Å². The van der Waals surface area contributed by atoms with Crippen molar-refractivity contribution in [3.63, 3.8) is 0 Å². The van der Waals surface area contributed by atoms with E-state index in [9.17, 15) is 0 Å². The van der Waals surface area contributed by atoms with E-state index in [2.05, 4.69) is 42.6 Å². The average molecular weight is 235 g/mol. The van der Waals surface area contributed by atoms with Crippen LogP contribution in [0.5, 0.6) is 0 Å². The molecule has 96 valence electrons. The maximum atomic E-state index is 5.58. The van der Waals surface area contributed by atoms with Crippen LogP contribution in [0.2, 0.25) is 0 Å². The van der Waals surface area contributed by atoms with Gasteiger partial charge in [-0.25, -0.2) is 0 Å². The fourth-order valence-corrected chi connectivity index (χ4v) is 1.90. The van der Waals surface area contributed by atoms with Gasteiger partial charge in [0.15, 0.2) is 0 Å². The smallest absolute Gasteiger partial charge is 0.0466 e. The molecule has 0 heterocycles. The number of hydrogen-bond donors (Lipinski definition) is 1. The van der Waals surface area contributed by atoms with Crippen molar-refractivity contribution in [3.8, 4) is 0 Å². The summed E-state index contributed by atoms with van der Waals surface area (Å²) >= 11 is 0. The third-order valence-corrected chi connectivity index (χ3v) is 2.97. The van der Waals surface area contributed by atoms with Gasteiger partial charge in [0, 0.05) is 19.3 Å². The van der Waals surface area contributed by atoms with Crippen LogP contribution in [-0.2, 0) is 4.74 Å². The van der Waals surface area contributed by atoms with E-state index in [-0.39, 0.29) is 0 Å². The highest BCUT2D eigenvalue weighted by Crippen LogP contribution is 2.17. The first-order valence-electron chi connectivity index (χ1n) is 6.68. The average Bonchev–Trinajstić information content (AvgIpc) is 2.39. The fourth-order valence-electron chi connectivity index (χ4n) is 1.90. The number of nitrogens with one attached hydrogen (secondary N) is 1. The molecule has 0 aliphatic carbocycles. The minimum absolute atomic E-state index is 0.450. The monoisotopic (exact) mass is 235 g/mol. The zero-order valence-electron chi connectivity index (χ0n) is 11.1. The van der Waals surface area contributed by atoms with Gasteiger partial charge in [0.1, 0.15) is 0 Å². The summed E-state index contributed by atoms with van der Waals surface area (Å²) in [6.07, 6.45) is 4.63. The Balaban J connectivity index is 2.20. The molecule has 1 unspecified atom stereocenters. The molecule has 2 heteroatoms. The lowest BCUT2D eigenvalue weighted by atomic mass is 10.0. The number of hydrogen-bond acceptors (Lipinski definition) is 2. The molecule has 1 aromatic rings. The van der Waals surface area contributed by atoms with Crippen molar-refractivity contribution in [2.75, 3.05) is 20.3 Å². The van der Waals surface area contributed by atoms with Gasteiger partial charge in [-0.3, -0.25) is 0 Å². The summed E-state index contributed by atoms with van der Waals surface area (Å²) in [7, 11) is 2.02. The predicted molar refractivity (Wildman–Crippen MR) is 73.2 cm³/mol. The quantitative estimate of drug-likeness (QED) is 0.661. The summed E-state index contributed by atoms with van der Waals surface area (Å²) in [6, 6.07) is 11.1. The Bertz CT molecular complexity index is 274. The summed E-state index contributed by atoms with van der Waals surface area (Å²) in [5.74, 6) is 0. The van der Waals surface area contributed by atoms with E-state index < -0.39 is 0 Å². The van der Waals surface area contributed by atoms with Gasteiger partial charge in [-0.05, 0) is 31.9 Å². The highest BCUT2D eigenvalue weighted by Gasteiger charge is 2.07. The Morgan fingerprint density at radius 2 is 1.82 bits per heavy atom. The Hall–Kier alpha value is -0.860. The molecule has 0 aliphatic heterocycles. The largest absolute Gasteiger partial charge is 0.381 e. The van der Waals surface area contributed by atoms with Gasteiger partial charge in [0.2, 0.25) is 0 Å². The van der Waals surface area contributed by atoms with Gasteiger partial charge in [-0.15, -0.1) is 0 Å². The van der Waals surface area contributed by atoms with Crippen LogP contribution >= 0.6 is 0 Å². The van der Waals surface area contributed by atoms with E-state index in [1.54, 1.807) is 0 Å². The van der Waals surface area contributed by atoms with Crippen LogP contribution in [0, 0.1) is 0 Å². The first-order chi connectivity index (χ1) is 8.38. The van der Waals surface area contributed by atoms with Gasteiger partial charge >= 0.3 is 0 Å². The Labute approximate surface area is 105 Å². The lowest BCUT2D eigenvalue weighted by molar-refractivity contribution is 0.125. The molecule has 0 spiro atoms. The molecule has 0 saturated carbocycles. The Morgan fingerprint density at radius 1 is 1.12 bits per heavy atom. The second-order valence-corrected chi connectivity index (χ2v) is 4.36. The third-order valence-electron chi connectivity index (χ3n) is 2.97. The van der Waals surface area contributed by atoms with E-state index in [1.807, 2.05) is 7.05 Å². The van der Waals surface area contributed by atoms with Crippen molar-refractivity contribution in [1.82, 2.24) is 5.32 Å². The van der Waals surface area contributed by atoms with E-state index in [4.69, 9.17) is 4.74 Å². The molecule has 0 saturated heterocycles. The van der Waals surface area contributed by atoms with Crippen LogP contribution in [0.1, 0.15) is 44.2 Å². The summed E-state index contributed by atoms with van der Waals surface area (Å²) in [6.45, 7) is 3.98. The standard InChI is InChI=1S/C15H25NO/c1-3-4-12-17-13-8-11-15(16-2)14-9-6-5-7-10-14/h5-7,9-10,15-16H,3-4,8,11-13H2,1-2H3. The SMILES string of the molecule is CCCCOCCCC(NC)c1ccccc1. The molecule has 0 amide bonds. The van der Waals surface area contributed by atoms with Gasteiger partial charge in [-0.2, -0.15) is 0 Å². The van der Waals surface area contributed by atoms with Gasteiger partial charge < -0.3 is 10.1 Å². The summed E-state index contributed by atoms with van der Waals surface area (Å²) in [5.41, 5.74) is 1.36. The molecule has 2 nitrogen and oxygen atoms in total. The van der Waals surface area contributed by atoms with Crippen LogP contribution in [0.25, 0.3) is 0 Å². The molecule has 0 aromatic heterocycles. The number of unbranched alkanes of at least 4 members (excludes halogenated alkanes) is 1. The highest BCUT2D eigenvalue weighted by molar-refractivity contribution is 5.18. The van der Waals surface area contributed by atoms with Crippen LogP contribution in [0.3, 0.4) is 0 Å². The van der Waals surface area contributed by atoms with Crippen molar-refractivity contribution < 1.29 is 4.74 Å². The van der Waals surface area contributed by atoms with E-state index in [0.717, 1.165) is 26.1 Å². The molecule has 1 atom stereocenters. The lowest BCUT2D eigenvalue weighted by Crippen LogP contribution is -2.16. The number of benzene rings is 1. The molecule has 0 bridgehead atoms. The predicted octanol–water partition coefficient (Wildman–Crippen LogP) is 3.54. The maximum Gasteiger partial charge on any atom is 0.0466 e. The van der Waals surface area contributed by atoms with Crippen LogP contribution in [0.4, 0.5) is 0 Å². The molecule has 1 aromatic carbocycles. The number of rotatable bonds is 9. The van der Waals surface area contributed by atoms with Gasteiger partial charge in [0.05, 0.1) is 0 Å². The van der Waals surface area contributed by atoms with Crippen LogP contribution < -0.4 is 5.32 Å². The van der Waals surface area contributed by atoms with Gasteiger partial charge in [-0.1, -0.05) is 43.7 Å². The number of ether oxygens (including phenoxy) is 1. The van der Waals surface area contributed by atoms with E-state index in [1.165, 1.54) is 18.4 Å². The molecular formula is C15H25NO. The first kappa shape index (κ1) is 14.2. The molecule has 0 aliphatic rings. The Kier molecular flexibility index (Phi) is 7.69. The van der Waals surface area contributed by atoms with Crippen molar-refractivity contribution in [3.05, 3.63) is 35.9 Å². The van der Waals surface area contributed by atoms with Crippen molar-refractivity contribution in [2.24, 2.45) is 0 Å². The second kappa shape index (κ2) is 9.20. The lowest BCUT2D eigenvalue weighted by Gasteiger charge is -2.16. The maximum absolute atomic E-state index is 5.58. The third kappa shape index (κ3) is 5.85. The molecule has 1 N–H and O–H groups in total. The molecule has 0 radical (unpaired) electrons.